The molecule has 0 unspecified atom stereocenters. The summed E-state index contributed by atoms with van der Waals surface area (Å²) < 4.78 is 1.06. The van der Waals surface area contributed by atoms with E-state index in [0.29, 0.717) is 30.9 Å². The summed E-state index contributed by atoms with van der Waals surface area (Å²) in [5, 5.41) is 13.2. The summed E-state index contributed by atoms with van der Waals surface area (Å²) in [6.07, 6.45) is 0.602. The summed E-state index contributed by atoms with van der Waals surface area (Å²) >= 11 is 1.45. The SMILES string of the molecule is CC(C)C[C@H](NC(=O)c1cc2ccccc2s1)C(=O)N1CCN(C[C@@H](N)CO)CC1. The number of amides is 2. The third kappa shape index (κ3) is 5.78. The van der Waals surface area contributed by atoms with Crippen LogP contribution in [0.25, 0.3) is 10.1 Å². The highest BCUT2D eigenvalue weighted by molar-refractivity contribution is 7.20. The van der Waals surface area contributed by atoms with Gasteiger partial charge in [-0.25, -0.2) is 0 Å². The highest BCUT2D eigenvalue weighted by atomic mass is 32.1. The molecule has 1 aromatic heterocycles. The van der Waals surface area contributed by atoms with E-state index in [9.17, 15) is 9.59 Å². The van der Waals surface area contributed by atoms with Gasteiger partial charge in [0.1, 0.15) is 6.04 Å². The fraction of sp³-hybridized carbons (Fsp3) is 0.545. The minimum atomic E-state index is -0.533. The van der Waals surface area contributed by atoms with Crippen LogP contribution in [0.1, 0.15) is 29.9 Å². The molecule has 2 heterocycles. The average molecular weight is 433 g/mol. The molecular formula is C22H32N4O3S. The summed E-state index contributed by atoms with van der Waals surface area (Å²) in [5.74, 6) is 0.0672. The number of thiophene rings is 1. The first kappa shape index (κ1) is 22.7. The number of nitrogens with zero attached hydrogens (tertiary/aromatic N) is 2. The Hall–Kier alpha value is -2.00. The van der Waals surface area contributed by atoms with Gasteiger partial charge in [0.2, 0.25) is 5.91 Å². The lowest BCUT2D eigenvalue weighted by Crippen LogP contribution is -2.56. The van der Waals surface area contributed by atoms with Crippen molar-refractivity contribution >= 4 is 33.2 Å². The molecule has 0 aliphatic carbocycles. The maximum absolute atomic E-state index is 13.2. The van der Waals surface area contributed by atoms with E-state index >= 15 is 0 Å². The van der Waals surface area contributed by atoms with Gasteiger partial charge in [0.25, 0.3) is 5.91 Å². The Balaban J connectivity index is 1.63. The van der Waals surface area contributed by atoms with Crippen LogP contribution in [-0.4, -0.2) is 78.1 Å². The third-order valence-corrected chi connectivity index (χ3v) is 6.49. The Labute approximate surface area is 181 Å². The van der Waals surface area contributed by atoms with Gasteiger partial charge in [-0.3, -0.25) is 14.5 Å². The second kappa shape index (κ2) is 10.3. The van der Waals surface area contributed by atoms with Crippen molar-refractivity contribution in [3.63, 3.8) is 0 Å². The van der Waals surface area contributed by atoms with Crippen LogP contribution >= 0.6 is 11.3 Å². The smallest absolute Gasteiger partial charge is 0.262 e. The molecule has 0 bridgehead atoms. The quantitative estimate of drug-likeness (QED) is 0.587. The van der Waals surface area contributed by atoms with E-state index in [0.717, 1.165) is 23.2 Å². The summed E-state index contributed by atoms with van der Waals surface area (Å²) in [4.78, 5) is 30.7. The second-order valence-electron chi connectivity index (χ2n) is 8.37. The van der Waals surface area contributed by atoms with E-state index in [1.807, 2.05) is 35.2 Å². The van der Waals surface area contributed by atoms with E-state index in [-0.39, 0.29) is 30.4 Å². The van der Waals surface area contributed by atoms with E-state index < -0.39 is 6.04 Å². The van der Waals surface area contributed by atoms with Crippen LogP contribution in [0.15, 0.2) is 30.3 Å². The van der Waals surface area contributed by atoms with E-state index in [2.05, 4.69) is 24.1 Å². The molecule has 1 saturated heterocycles. The fourth-order valence-electron chi connectivity index (χ4n) is 3.78. The van der Waals surface area contributed by atoms with Gasteiger partial charge in [-0.15, -0.1) is 11.3 Å². The molecule has 2 atom stereocenters. The van der Waals surface area contributed by atoms with Crippen molar-refractivity contribution in [3.05, 3.63) is 35.2 Å². The minimum absolute atomic E-state index is 0.0238. The Kier molecular flexibility index (Phi) is 7.82. The molecular weight excluding hydrogens is 400 g/mol. The Bertz CT molecular complexity index is 828. The summed E-state index contributed by atoms with van der Waals surface area (Å²) in [5.41, 5.74) is 5.82. The molecule has 0 spiro atoms. The number of rotatable bonds is 8. The van der Waals surface area contributed by atoms with Gasteiger partial charge in [0, 0.05) is 43.5 Å². The molecule has 8 heteroatoms. The van der Waals surface area contributed by atoms with Crippen LogP contribution in [0.2, 0.25) is 0 Å². The van der Waals surface area contributed by atoms with Crippen molar-refractivity contribution in [1.82, 2.24) is 15.1 Å². The normalized spacial score (nSPS) is 17.3. The van der Waals surface area contributed by atoms with Gasteiger partial charge in [-0.2, -0.15) is 0 Å². The molecule has 2 aromatic rings. The zero-order valence-corrected chi connectivity index (χ0v) is 18.5. The van der Waals surface area contributed by atoms with Gasteiger partial charge < -0.3 is 21.1 Å². The number of nitrogens with two attached hydrogens (primary N) is 1. The largest absolute Gasteiger partial charge is 0.395 e. The molecule has 1 aliphatic rings. The van der Waals surface area contributed by atoms with Gasteiger partial charge in [0.05, 0.1) is 11.5 Å². The van der Waals surface area contributed by atoms with Crippen molar-refractivity contribution in [3.8, 4) is 0 Å². The summed E-state index contributed by atoms with van der Waals surface area (Å²) in [7, 11) is 0. The molecule has 1 aromatic carbocycles. The van der Waals surface area contributed by atoms with Crippen LogP contribution in [0.3, 0.4) is 0 Å². The Morgan fingerprint density at radius 2 is 1.90 bits per heavy atom. The zero-order chi connectivity index (χ0) is 21.7. The number of nitrogens with one attached hydrogen (secondary N) is 1. The van der Waals surface area contributed by atoms with Gasteiger partial charge >= 0.3 is 0 Å². The first-order valence-corrected chi connectivity index (χ1v) is 11.4. The number of fused-ring (bicyclic) bond motifs is 1. The van der Waals surface area contributed by atoms with Crippen LogP contribution in [0.5, 0.6) is 0 Å². The molecule has 0 radical (unpaired) electrons. The molecule has 30 heavy (non-hydrogen) atoms. The van der Waals surface area contributed by atoms with Crippen molar-refractivity contribution in [2.75, 3.05) is 39.3 Å². The fourth-order valence-corrected chi connectivity index (χ4v) is 4.74. The van der Waals surface area contributed by atoms with Crippen LogP contribution in [0, 0.1) is 5.92 Å². The molecule has 1 fully saturated rings. The zero-order valence-electron chi connectivity index (χ0n) is 17.7. The van der Waals surface area contributed by atoms with Crippen LogP contribution < -0.4 is 11.1 Å². The highest BCUT2D eigenvalue weighted by Gasteiger charge is 2.30. The number of piperazine rings is 1. The molecule has 4 N–H and O–H groups in total. The van der Waals surface area contributed by atoms with Crippen molar-refractivity contribution < 1.29 is 14.7 Å². The maximum atomic E-state index is 13.2. The van der Waals surface area contributed by atoms with Gasteiger partial charge in [-0.1, -0.05) is 32.0 Å². The monoisotopic (exact) mass is 432 g/mol. The number of hydrogen-bond acceptors (Lipinski definition) is 6. The molecule has 1 aliphatic heterocycles. The molecule has 3 rings (SSSR count). The number of carbonyl (C=O) groups excluding carboxylic acids is 2. The summed E-state index contributed by atoms with van der Waals surface area (Å²) in [6, 6.07) is 8.98. The predicted molar refractivity (Wildman–Crippen MR) is 121 cm³/mol. The number of carbonyl (C=O) groups is 2. The number of hydrogen-bond donors (Lipinski definition) is 3. The first-order valence-electron chi connectivity index (χ1n) is 10.5. The van der Waals surface area contributed by atoms with Gasteiger partial charge in [0.15, 0.2) is 0 Å². The Morgan fingerprint density at radius 3 is 2.53 bits per heavy atom. The van der Waals surface area contributed by atoms with Crippen LogP contribution in [0.4, 0.5) is 0 Å². The standard InChI is InChI=1S/C22H32N4O3S/c1-15(2)11-18(22(29)26-9-7-25(8-10-26)13-17(23)14-27)24-21(28)20-12-16-5-3-4-6-19(16)30-20/h3-6,12,15,17-18,27H,7-11,13-14,23H2,1-2H3,(H,24,28)/t17-,18+/m1/s1. The average Bonchev–Trinajstić information content (AvgIpc) is 3.17. The van der Waals surface area contributed by atoms with Crippen molar-refractivity contribution in [2.24, 2.45) is 11.7 Å². The van der Waals surface area contributed by atoms with Crippen LogP contribution in [-0.2, 0) is 4.79 Å². The number of aliphatic hydroxyl groups excluding tert-OH is 1. The molecule has 7 nitrogen and oxygen atoms in total. The van der Waals surface area contributed by atoms with Crippen molar-refractivity contribution in [1.29, 1.82) is 0 Å². The minimum Gasteiger partial charge on any atom is -0.395 e. The predicted octanol–water partition coefficient (Wildman–Crippen LogP) is 1.51. The van der Waals surface area contributed by atoms with Gasteiger partial charge in [-0.05, 0) is 29.9 Å². The van der Waals surface area contributed by atoms with E-state index in [1.165, 1.54) is 11.3 Å². The topological polar surface area (TPSA) is 98.9 Å². The lowest BCUT2D eigenvalue weighted by atomic mass is 10.0. The molecule has 0 saturated carbocycles. The molecule has 164 valence electrons. The maximum Gasteiger partial charge on any atom is 0.262 e. The number of aliphatic hydroxyl groups is 1. The van der Waals surface area contributed by atoms with Crippen molar-refractivity contribution in [2.45, 2.75) is 32.4 Å². The lowest BCUT2D eigenvalue weighted by molar-refractivity contribution is -0.135. The lowest BCUT2D eigenvalue weighted by Gasteiger charge is -2.37. The number of benzene rings is 1. The second-order valence-corrected chi connectivity index (χ2v) is 9.46. The Morgan fingerprint density at radius 1 is 1.20 bits per heavy atom. The highest BCUT2D eigenvalue weighted by Crippen LogP contribution is 2.25. The molecule has 2 amide bonds. The van der Waals surface area contributed by atoms with E-state index in [1.54, 1.807) is 0 Å². The summed E-state index contributed by atoms with van der Waals surface area (Å²) in [6.45, 7) is 7.33. The first-order chi connectivity index (χ1) is 14.4. The third-order valence-electron chi connectivity index (χ3n) is 5.37. The van der Waals surface area contributed by atoms with E-state index in [4.69, 9.17) is 10.8 Å².